The van der Waals surface area contributed by atoms with Crippen molar-refractivity contribution in [1.29, 1.82) is 0 Å². The Bertz CT molecular complexity index is 49.7. The molecule has 1 heterocycles. The van der Waals surface area contributed by atoms with E-state index in [1.54, 1.807) is 0 Å². The quantitative estimate of drug-likeness (QED) is 0.195. The van der Waals surface area contributed by atoms with Crippen LogP contribution in [-0.4, -0.2) is 67.8 Å². The van der Waals surface area contributed by atoms with Crippen LogP contribution >= 0.6 is 0 Å². The van der Waals surface area contributed by atoms with E-state index < -0.39 is 6.16 Å². The first-order valence-corrected chi connectivity index (χ1v) is 1.02. The molecule has 0 saturated carbocycles. The van der Waals surface area contributed by atoms with E-state index in [1.165, 1.54) is 0 Å². The van der Waals surface area contributed by atoms with Crippen molar-refractivity contribution in [3.8, 4) is 0 Å². The summed E-state index contributed by atoms with van der Waals surface area (Å²) in [5.74, 6) is 0. The van der Waals surface area contributed by atoms with E-state index in [2.05, 4.69) is 9.78 Å². The predicted octanol–water partition coefficient (Wildman–Crippen LogP) is -2.11. The van der Waals surface area contributed by atoms with Gasteiger partial charge >= 0.3 is 57.5 Å². The molecule has 0 aromatic heterocycles. The fourth-order valence-corrected chi connectivity index (χ4v) is 0.0373. The van der Waals surface area contributed by atoms with Gasteiger partial charge in [0.2, 0.25) is 0 Å². The number of rotatable bonds is 0. The van der Waals surface area contributed by atoms with Gasteiger partial charge in [-0.15, -0.1) is 9.78 Å². The average Bonchev–Trinajstić information content (AvgIpc) is 1.76. The van der Waals surface area contributed by atoms with Crippen LogP contribution in [0.25, 0.3) is 0 Å². The van der Waals surface area contributed by atoms with Crippen LogP contribution in [0.15, 0.2) is 0 Å². The summed E-state index contributed by atoms with van der Waals surface area (Å²) in [6, 6.07) is 0. The number of hydrogen-bond acceptors (Lipinski definition) is 4. The zero-order valence-corrected chi connectivity index (χ0v) is 5.89. The maximum Gasteiger partial charge on any atom is 0 e. The fraction of sp³-hybridized carbons (Fsp3) is 1.00. The third kappa shape index (κ3) is 5.98. The molecule has 0 amide bonds. The Kier molecular flexibility index (Phi) is 6.77. The summed E-state index contributed by atoms with van der Waals surface area (Å²) in [6.07, 6.45) is -2.25. The van der Waals surface area contributed by atoms with Crippen molar-refractivity contribution in [2.24, 2.45) is 0 Å². The van der Waals surface area contributed by atoms with Crippen LogP contribution in [0.3, 0.4) is 0 Å². The first-order valence-electron chi connectivity index (χ1n) is 1.02. The van der Waals surface area contributed by atoms with Crippen molar-refractivity contribution in [3.05, 3.63) is 0 Å². The van der Waals surface area contributed by atoms with Crippen LogP contribution in [0.1, 0.15) is 0 Å². The van der Waals surface area contributed by atoms with Crippen molar-refractivity contribution >= 4 is 51.4 Å². The second-order valence-electron chi connectivity index (χ2n) is 0.715. The number of aliphatic hydroxyl groups is 2. The predicted molar refractivity (Wildman–Crippen MR) is 16.5 cm³/mol. The summed E-state index contributed by atoms with van der Waals surface area (Å²) in [7, 11) is 0. The summed E-state index contributed by atoms with van der Waals surface area (Å²) in [5, 5.41) is 15.5. The molecular weight excluding hydrogens is 180 g/mol. The average molecular weight is 184 g/mol. The SMILES string of the molecule is OC1(O)OO1.[KH].[Zn]. The van der Waals surface area contributed by atoms with E-state index in [-0.39, 0.29) is 70.9 Å². The molecule has 1 rings (SSSR count). The number of hydrogen-bond donors (Lipinski definition) is 2. The van der Waals surface area contributed by atoms with Crippen molar-refractivity contribution in [2.75, 3.05) is 0 Å². The Morgan fingerprint density at radius 3 is 1.29 bits per heavy atom. The smallest absolute Gasteiger partial charge is 0 e. The molecule has 6 heteroatoms. The molecule has 0 aromatic carbocycles. The molecule has 2 N–H and O–H groups in total. The molecule has 1 saturated heterocycles. The van der Waals surface area contributed by atoms with Crippen LogP contribution < -0.4 is 0 Å². The normalized spacial score (nSPS) is 21.4. The Morgan fingerprint density at radius 2 is 1.29 bits per heavy atom. The monoisotopic (exact) mass is 182 g/mol. The van der Waals surface area contributed by atoms with Gasteiger partial charge in [-0.05, 0) is 0 Å². The molecule has 0 atom stereocenters. The molecule has 0 aliphatic carbocycles. The van der Waals surface area contributed by atoms with Gasteiger partial charge in [-0.25, -0.2) is 0 Å². The Hall–Kier alpha value is 2.10. The molecule has 0 unspecified atom stereocenters. The van der Waals surface area contributed by atoms with Gasteiger partial charge < -0.3 is 10.2 Å². The Balaban J connectivity index is 0. The summed E-state index contributed by atoms with van der Waals surface area (Å²) in [6.45, 7) is 0. The summed E-state index contributed by atoms with van der Waals surface area (Å²) < 4.78 is 0. The molecular formula is CH3KO4Zn. The molecule has 34 valence electrons. The molecule has 1 fully saturated rings. The van der Waals surface area contributed by atoms with Gasteiger partial charge in [-0.3, -0.25) is 0 Å². The molecule has 0 aromatic rings. The standard InChI is InChI=1S/CH2O4.K.Zn.H/c2-1(3)4-5-1;;;/h2-3H;;;. The zero-order chi connectivity index (χ0) is 3.91. The van der Waals surface area contributed by atoms with Crippen LogP contribution in [-0.2, 0) is 29.3 Å². The van der Waals surface area contributed by atoms with Gasteiger partial charge in [0.25, 0.3) is 0 Å². The molecule has 0 spiro atoms. The summed E-state index contributed by atoms with van der Waals surface area (Å²) >= 11 is 0. The first kappa shape index (κ1) is 11.8. The van der Waals surface area contributed by atoms with E-state index in [0.29, 0.717) is 0 Å². The van der Waals surface area contributed by atoms with Gasteiger partial charge in [-0.1, -0.05) is 0 Å². The molecule has 1 aliphatic heterocycles. The second kappa shape index (κ2) is 4.00. The van der Waals surface area contributed by atoms with Crippen molar-refractivity contribution in [1.82, 2.24) is 0 Å². The zero-order valence-electron chi connectivity index (χ0n) is 2.92. The van der Waals surface area contributed by atoms with Crippen molar-refractivity contribution in [3.63, 3.8) is 0 Å². The minimum Gasteiger partial charge on any atom is 0 e. The van der Waals surface area contributed by atoms with E-state index >= 15 is 0 Å². The summed E-state index contributed by atoms with van der Waals surface area (Å²) in [4.78, 5) is 7.01. The first-order chi connectivity index (χ1) is 2.21. The van der Waals surface area contributed by atoms with Gasteiger partial charge in [-0.2, -0.15) is 0 Å². The molecule has 4 nitrogen and oxygen atoms in total. The van der Waals surface area contributed by atoms with Crippen LogP contribution in [0.5, 0.6) is 0 Å². The topological polar surface area (TPSA) is 65.5 Å². The maximum absolute atomic E-state index is 7.74. The third-order valence-corrected chi connectivity index (χ3v) is 0.232. The van der Waals surface area contributed by atoms with Gasteiger partial charge in [0.1, 0.15) is 0 Å². The van der Waals surface area contributed by atoms with Gasteiger partial charge in [0.15, 0.2) is 0 Å². The largest absolute Gasteiger partial charge is 0 e. The minimum absolute atomic E-state index is 0. The van der Waals surface area contributed by atoms with Crippen molar-refractivity contribution < 1.29 is 39.5 Å². The van der Waals surface area contributed by atoms with E-state index in [1.807, 2.05) is 0 Å². The molecule has 0 bridgehead atoms. The third-order valence-electron chi connectivity index (χ3n) is 0.232. The molecule has 1 aliphatic rings. The Labute approximate surface area is 95.3 Å². The molecule has 7 heavy (non-hydrogen) atoms. The van der Waals surface area contributed by atoms with Crippen LogP contribution in [0, 0.1) is 0 Å². The van der Waals surface area contributed by atoms with Gasteiger partial charge in [0, 0.05) is 19.5 Å². The van der Waals surface area contributed by atoms with Gasteiger partial charge in [0.05, 0.1) is 0 Å². The van der Waals surface area contributed by atoms with E-state index in [0.717, 1.165) is 0 Å². The molecule has 0 radical (unpaired) electrons. The Morgan fingerprint density at radius 1 is 1.14 bits per heavy atom. The van der Waals surface area contributed by atoms with E-state index in [4.69, 9.17) is 10.2 Å². The van der Waals surface area contributed by atoms with Crippen LogP contribution in [0.4, 0.5) is 0 Å². The second-order valence-corrected chi connectivity index (χ2v) is 0.715. The fourth-order valence-electron chi connectivity index (χ4n) is 0.0373. The minimum atomic E-state index is -2.25. The maximum atomic E-state index is 7.74. The van der Waals surface area contributed by atoms with Crippen LogP contribution in [0.2, 0.25) is 0 Å². The summed E-state index contributed by atoms with van der Waals surface area (Å²) in [5.41, 5.74) is 0. The van der Waals surface area contributed by atoms with E-state index in [9.17, 15) is 0 Å². The van der Waals surface area contributed by atoms with Crippen molar-refractivity contribution in [2.45, 2.75) is 6.16 Å².